The highest BCUT2D eigenvalue weighted by molar-refractivity contribution is 5.27. The first kappa shape index (κ1) is 16.0. The molecule has 1 rings (SSSR count). The number of aryl methyl sites for hydroxylation is 1. The van der Waals surface area contributed by atoms with E-state index in [-0.39, 0.29) is 0 Å². The van der Waals surface area contributed by atoms with E-state index in [4.69, 9.17) is 4.74 Å². The molecule has 0 saturated carbocycles. The Labute approximate surface area is 118 Å². The molecule has 0 fully saturated rings. The van der Waals surface area contributed by atoms with Crippen LogP contribution in [0.2, 0.25) is 0 Å². The molecule has 1 N–H and O–H groups in total. The van der Waals surface area contributed by atoms with E-state index < -0.39 is 0 Å². The Bertz CT molecular complexity index is 324. The number of hydrogen-bond donors (Lipinski definition) is 1. The molecule has 0 aliphatic carbocycles. The van der Waals surface area contributed by atoms with Crippen molar-refractivity contribution in [2.45, 2.75) is 26.2 Å². The van der Waals surface area contributed by atoms with Crippen molar-refractivity contribution in [1.29, 1.82) is 0 Å². The molecule has 0 aliphatic heterocycles. The summed E-state index contributed by atoms with van der Waals surface area (Å²) in [4.78, 5) is 2.40. The summed E-state index contributed by atoms with van der Waals surface area (Å²) in [5, 5.41) is 3.43. The van der Waals surface area contributed by atoms with Crippen molar-refractivity contribution < 1.29 is 4.74 Å². The monoisotopic (exact) mass is 264 g/mol. The van der Waals surface area contributed by atoms with Crippen LogP contribution in [-0.2, 0) is 6.42 Å². The van der Waals surface area contributed by atoms with Crippen LogP contribution < -0.4 is 10.1 Å². The average molecular weight is 264 g/mol. The molecule has 1 aromatic carbocycles. The van der Waals surface area contributed by atoms with Crippen LogP contribution in [0.3, 0.4) is 0 Å². The van der Waals surface area contributed by atoms with Crippen molar-refractivity contribution in [2.24, 2.45) is 0 Å². The van der Waals surface area contributed by atoms with Gasteiger partial charge in [0.2, 0.25) is 0 Å². The number of hydrogen-bond acceptors (Lipinski definition) is 3. The summed E-state index contributed by atoms with van der Waals surface area (Å²) in [6, 6.07) is 8.38. The summed E-state index contributed by atoms with van der Waals surface area (Å²) < 4.78 is 5.16. The highest BCUT2D eigenvalue weighted by atomic mass is 16.5. The van der Waals surface area contributed by atoms with Crippen molar-refractivity contribution in [3.63, 3.8) is 0 Å². The van der Waals surface area contributed by atoms with Crippen LogP contribution in [0.25, 0.3) is 0 Å². The number of benzene rings is 1. The second-order valence-electron chi connectivity index (χ2n) is 5.00. The number of nitrogens with one attached hydrogen (secondary N) is 1. The number of rotatable bonds is 10. The van der Waals surface area contributed by atoms with E-state index in [9.17, 15) is 0 Å². The molecule has 3 heteroatoms. The van der Waals surface area contributed by atoms with Crippen LogP contribution in [0, 0.1) is 0 Å². The van der Waals surface area contributed by atoms with Gasteiger partial charge in [0.05, 0.1) is 7.11 Å². The number of ether oxygens (including phenoxy) is 1. The Morgan fingerprint density at radius 3 is 2.47 bits per heavy atom. The van der Waals surface area contributed by atoms with Gasteiger partial charge in [-0.2, -0.15) is 0 Å². The molecule has 0 aliphatic rings. The molecule has 0 amide bonds. The Morgan fingerprint density at radius 2 is 1.84 bits per heavy atom. The quantitative estimate of drug-likeness (QED) is 0.657. The van der Waals surface area contributed by atoms with E-state index in [1.807, 2.05) is 12.1 Å². The van der Waals surface area contributed by atoms with E-state index >= 15 is 0 Å². The van der Waals surface area contributed by atoms with Gasteiger partial charge in [0.25, 0.3) is 0 Å². The molecule has 0 saturated heterocycles. The lowest BCUT2D eigenvalue weighted by atomic mass is 10.1. The molecule has 0 unspecified atom stereocenters. The highest BCUT2D eigenvalue weighted by Crippen LogP contribution is 2.12. The molecule has 0 aromatic heterocycles. The zero-order valence-electron chi connectivity index (χ0n) is 12.6. The summed E-state index contributed by atoms with van der Waals surface area (Å²) in [6.45, 7) is 6.70. The minimum absolute atomic E-state index is 0.933. The second kappa shape index (κ2) is 9.82. The second-order valence-corrected chi connectivity index (χ2v) is 5.00. The van der Waals surface area contributed by atoms with Gasteiger partial charge >= 0.3 is 0 Å². The molecular formula is C16H28N2O. The molecule has 0 spiro atoms. The van der Waals surface area contributed by atoms with Gasteiger partial charge in [-0.3, -0.25) is 0 Å². The fourth-order valence-corrected chi connectivity index (χ4v) is 2.03. The summed E-state index contributed by atoms with van der Waals surface area (Å²) in [5.74, 6) is 0.933. The number of methoxy groups -OCH3 is 1. The molecule has 0 bridgehead atoms. The van der Waals surface area contributed by atoms with Gasteiger partial charge in [0, 0.05) is 13.1 Å². The van der Waals surface area contributed by atoms with Crippen LogP contribution >= 0.6 is 0 Å². The van der Waals surface area contributed by atoms with Crippen molar-refractivity contribution in [3.8, 4) is 5.75 Å². The van der Waals surface area contributed by atoms with E-state index in [2.05, 4.69) is 36.3 Å². The van der Waals surface area contributed by atoms with E-state index in [0.717, 1.165) is 38.3 Å². The van der Waals surface area contributed by atoms with Crippen molar-refractivity contribution in [2.75, 3.05) is 40.3 Å². The molecular weight excluding hydrogens is 236 g/mol. The highest BCUT2D eigenvalue weighted by Gasteiger charge is 1.99. The largest absolute Gasteiger partial charge is 0.497 e. The SMILES string of the molecule is CCCNCCN(C)CCCc1ccc(OC)cc1. The number of nitrogens with zero attached hydrogens (tertiary/aromatic N) is 1. The molecule has 0 heterocycles. The summed E-state index contributed by atoms with van der Waals surface area (Å²) in [6.07, 6.45) is 3.55. The van der Waals surface area contributed by atoms with E-state index in [1.165, 1.54) is 18.4 Å². The maximum atomic E-state index is 5.16. The average Bonchev–Trinajstić information content (AvgIpc) is 2.44. The standard InChI is InChI=1S/C16H28N2O/c1-4-11-17-12-14-18(2)13-5-6-15-7-9-16(19-3)10-8-15/h7-10,17H,4-6,11-14H2,1-3H3. The first-order valence-corrected chi connectivity index (χ1v) is 7.28. The lowest BCUT2D eigenvalue weighted by Crippen LogP contribution is -2.30. The zero-order chi connectivity index (χ0) is 13.9. The van der Waals surface area contributed by atoms with Gasteiger partial charge in [-0.25, -0.2) is 0 Å². The minimum atomic E-state index is 0.933. The molecule has 1 aromatic rings. The zero-order valence-corrected chi connectivity index (χ0v) is 12.6. The Balaban J connectivity index is 2.11. The van der Waals surface area contributed by atoms with Crippen LogP contribution in [0.1, 0.15) is 25.3 Å². The lowest BCUT2D eigenvalue weighted by molar-refractivity contribution is 0.327. The van der Waals surface area contributed by atoms with Gasteiger partial charge in [-0.05, 0) is 57.1 Å². The number of likely N-dealkylation sites (N-methyl/N-ethyl adjacent to an activating group) is 1. The maximum absolute atomic E-state index is 5.16. The fourth-order valence-electron chi connectivity index (χ4n) is 2.03. The summed E-state index contributed by atoms with van der Waals surface area (Å²) >= 11 is 0. The lowest BCUT2D eigenvalue weighted by Gasteiger charge is -2.16. The molecule has 0 atom stereocenters. The molecule has 19 heavy (non-hydrogen) atoms. The fraction of sp³-hybridized carbons (Fsp3) is 0.625. The van der Waals surface area contributed by atoms with Crippen molar-refractivity contribution in [1.82, 2.24) is 10.2 Å². The minimum Gasteiger partial charge on any atom is -0.497 e. The van der Waals surface area contributed by atoms with Gasteiger partial charge in [0.1, 0.15) is 5.75 Å². The first-order valence-electron chi connectivity index (χ1n) is 7.28. The maximum Gasteiger partial charge on any atom is 0.118 e. The van der Waals surface area contributed by atoms with Crippen LogP contribution in [0.4, 0.5) is 0 Å². The van der Waals surface area contributed by atoms with E-state index in [1.54, 1.807) is 7.11 Å². The van der Waals surface area contributed by atoms with Crippen molar-refractivity contribution in [3.05, 3.63) is 29.8 Å². The Hall–Kier alpha value is -1.06. The third-order valence-corrected chi connectivity index (χ3v) is 3.26. The molecule has 3 nitrogen and oxygen atoms in total. The van der Waals surface area contributed by atoms with Gasteiger partial charge in [-0.15, -0.1) is 0 Å². The van der Waals surface area contributed by atoms with E-state index in [0.29, 0.717) is 0 Å². The summed E-state index contributed by atoms with van der Waals surface area (Å²) in [7, 11) is 3.90. The molecule has 0 radical (unpaired) electrons. The van der Waals surface area contributed by atoms with Crippen LogP contribution in [-0.4, -0.2) is 45.2 Å². The van der Waals surface area contributed by atoms with Crippen LogP contribution in [0.5, 0.6) is 5.75 Å². The van der Waals surface area contributed by atoms with Gasteiger partial charge in [0.15, 0.2) is 0 Å². The predicted molar refractivity (Wildman–Crippen MR) is 82.0 cm³/mol. The van der Waals surface area contributed by atoms with Crippen LogP contribution in [0.15, 0.2) is 24.3 Å². The topological polar surface area (TPSA) is 24.5 Å². The Morgan fingerprint density at radius 1 is 1.11 bits per heavy atom. The summed E-state index contributed by atoms with van der Waals surface area (Å²) in [5.41, 5.74) is 1.39. The Kier molecular flexibility index (Phi) is 8.26. The first-order chi connectivity index (χ1) is 9.26. The normalized spacial score (nSPS) is 10.9. The predicted octanol–water partition coefficient (Wildman–Crippen LogP) is 2.56. The van der Waals surface area contributed by atoms with Gasteiger partial charge < -0.3 is 15.0 Å². The smallest absolute Gasteiger partial charge is 0.118 e. The third-order valence-electron chi connectivity index (χ3n) is 3.26. The third kappa shape index (κ3) is 7.19. The van der Waals surface area contributed by atoms with Crippen molar-refractivity contribution >= 4 is 0 Å². The molecule has 108 valence electrons. The van der Waals surface area contributed by atoms with Gasteiger partial charge in [-0.1, -0.05) is 19.1 Å².